The number of carbonyl (C=O) groups is 1. The van der Waals surface area contributed by atoms with Crippen LogP contribution < -0.4 is 21.9 Å². The Hall–Kier alpha value is -1.77. The highest BCUT2D eigenvalue weighted by Crippen LogP contribution is 2.27. The number of amides is 1. The van der Waals surface area contributed by atoms with Crippen molar-refractivity contribution in [3.63, 3.8) is 0 Å². The monoisotopic (exact) mass is 363 g/mol. The van der Waals surface area contributed by atoms with E-state index >= 15 is 0 Å². The molecule has 0 radical (unpaired) electrons. The maximum Gasteiger partial charge on any atom is 0.292 e. The second-order valence-electron chi connectivity index (χ2n) is 6.68. The van der Waals surface area contributed by atoms with Gasteiger partial charge in [0.15, 0.2) is 5.69 Å². The normalized spacial score (nSPS) is 31.8. The first-order chi connectivity index (χ1) is 12.0. The Morgan fingerprint density at radius 1 is 1.44 bits per heavy atom. The van der Waals surface area contributed by atoms with Crippen LogP contribution >= 0.6 is 12.6 Å². The number of oxazole rings is 1. The number of anilines is 1. The van der Waals surface area contributed by atoms with E-state index < -0.39 is 0 Å². The van der Waals surface area contributed by atoms with Gasteiger partial charge in [0.05, 0.1) is 5.70 Å². The number of hydrazine groups is 1. The molecule has 1 aliphatic heterocycles. The Bertz CT molecular complexity index is 684. The van der Waals surface area contributed by atoms with E-state index in [-0.39, 0.29) is 17.6 Å². The highest BCUT2D eigenvalue weighted by atomic mass is 32.1. The molecule has 2 aliphatic rings. The molecule has 2 heterocycles. The van der Waals surface area contributed by atoms with Crippen molar-refractivity contribution in [3.05, 3.63) is 34.7 Å². The summed E-state index contributed by atoms with van der Waals surface area (Å²) in [5.41, 5.74) is 13.1. The summed E-state index contributed by atoms with van der Waals surface area (Å²) in [4.78, 5) is 17.0. The van der Waals surface area contributed by atoms with E-state index in [2.05, 4.69) is 46.8 Å². The quantitative estimate of drug-likeness (QED) is 0.516. The molecule has 1 fully saturated rings. The standard InChI is InChI=1S/C17H25N5O2S/c1-10-7-11-8-15(25)13(6-4-2-3-5-12(11)22-21-10)19-16(23)14-9-24-17(18)20-14/h6,8-12,21-22,25H,2-5,7H2,1H3,(H2,18,20)(H,19,23)/b13-6-,15-8+. The minimum absolute atomic E-state index is 0.0238. The van der Waals surface area contributed by atoms with Gasteiger partial charge < -0.3 is 15.5 Å². The van der Waals surface area contributed by atoms with Crippen LogP contribution in [0.3, 0.4) is 0 Å². The van der Waals surface area contributed by atoms with Gasteiger partial charge in [0.2, 0.25) is 0 Å². The lowest BCUT2D eigenvalue weighted by Crippen LogP contribution is -2.54. The van der Waals surface area contributed by atoms with E-state index in [1.807, 2.05) is 6.08 Å². The topological polar surface area (TPSA) is 105 Å². The van der Waals surface area contributed by atoms with Gasteiger partial charge in [-0.2, -0.15) is 4.98 Å². The summed E-state index contributed by atoms with van der Waals surface area (Å²) in [6, 6.07) is 0.745. The molecule has 5 N–H and O–H groups in total. The molecular formula is C17H25N5O2S. The minimum atomic E-state index is -0.350. The van der Waals surface area contributed by atoms with Gasteiger partial charge in [-0.1, -0.05) is 18.6 Å². The van der Waals surface area contributed by atoms with Crippen molar-refractivity contribution in [1.82, 2.24) is 21.2 Å². The molecular weight excluding hydrogens is 338 g/mol. The van der Waals surface area contributed by atoms with Crippen LogP contribution in [-0.2, 0) is 0 Å². The fraction of sp³-hybridized carbons (Fsp3) is 0.529. The Balaban J connectivity index is 1.79. The number of fused-ring (bicyclic) bond motifs is 1. The zero-order valence-corrected chi connectivity index (χ0v) is 15.2. The predicted molar refractivity (Wildman–Crippen MR) is 99.6 cm³/mol. The van der Waals surface area contributed by atoms with E-state index in [1.165, 1.54) is 6.26 Å². The molecule has 0 saturated carbocycles. The number of allylic oxidation sites excluding steroid dienone is 1. The second kappa shape index (κ2) is 8.07. The molecule has 136 valence electrons. The van der Waals surface area contributed by atoms with Gasteiger partial charge in [-0.15, -0.1) is 12.6 Å². The van der Waals surface area contributed by atoms with Crippen LogP contribution in [0.5, 0.6) is 0 Å². The van der Waals surface area contributed by atoms with Gasteiger partial charge in [-0.05, 0) is 38.5 Å². The van der Waals surface area contributed by atoms with Crippen molar-refractivity contribution in [2.75, 3.05) is 5.73 Å². The fourth-order valence-corrected chi connectivity index (χ4v) is 3.64. The van der Waals surface area contributed by atoms with Gasteiger partial charge in [-0.25, -0.2) is 0 Å². The lowest BCUT2D eigenvalue weighted by atomic mass is 9.87. The molecule has 1 amide bonds. The number of nitrogen functional groups attached to an aromatic ring is 1. The van der Waals surface area contributed by atoms with Crippen LogP contribution in [0.25, 0.3) is 0 Å². The maximum absolute atomic E-state index is 12.3. The highest BCUT2D eigenvalue weighted by Gasteiger charge is 2.27. The Labute approximate surface area is 152 Å². The summed E-state index contributed by atoms with van der Waals surface area (Å²) in [5, 5.41) is 2.88. The van der Waals surface area contributed by atoms with E-state index in [9.17, 15) is 4.79 Å². The number of carbonyl (C=O) groups excluding carboxylic acids is 1. The number of nitrogens with one attached hydrogen (secondary N) is 3. The fourth-order valence-electron chi connectivity index (χ4n) is 3.30. The third kappa shape index (κ3) is 4.65. The zero-order valence-electron chi connectivity index (χ0n) is 14.3. The molecule has 0 spiro atoms. The third-order valence-electron chi connectivity index (χ3n) is 4.63. The van der Waals surface area contributed by atoms with Crippen LogP contribution in [-0.4, -0.2) is 23.0 Å². The number of hydrogen-bond acceptors (Lipinski definition) is 7. The molecule has 1 aromatic rings. The molecule has 3 unspecified atom stereocenters. The molecule has 25 heavy (non-hydrogen) atoms. The Morgan fingerprint density at radius 2 is 2.28 bits per heavy atom. The summed E-state index contributed by atoms with van der Waals surface area (Å²) in [6.07, 6.45) is 10.7. The smallest absolute Gasteiger partial charge is 0.292 e. The molecule has 8 heteroatoms. The van der Waals surface area contributed by atoms with Crippen LogP contribution in [0.1, 0.15) is 49.5 Å². The zero-order chi connectivity index (χ0) is 17.8. The van der Waals surface area contributed by atoms with E-state index in [1.54, 1.807) is 0 Å². The number of aromatic nitrogens is 1. The average molecular weight is 363 g/mol. The number of nitrogens with zero attached hydrogens (tertiary/aromatic N) is 1. The first-order valence-corrected chi connectivity index (χ1v) is 9.12. The van der Waals surface area contributed by atoms with Crippen molar-refractivity contribution in [1.29, 1.82) is 0 Å². The summed E-state index contributed by atoms with van der Waals surface area (Å²) in [5.74, 6) is 0.0157. The molecule has 3 atom stereocenters. The SMILES string of the molecule is CC1CC2/C=C(S)\C(NC(=O)c3coc(N)n3)=C\CCCCC2NN1. The predicted octanol–water partition coefficient (Wildman–Crippen LogP) is 2.13. The van der Waals surface area contributed by atoms with Gasteiger partial charge in [0, 0.05) is 17.0 Å². The molecule has 0 aromatic carbocycles. The Kier molecular flexibility index (Phi) is 5.82. The highest BCUT2D eigenvalue weighted by molar-refractivity contribution is 7.84. The number of thiol groups is 1. The molecule has 1 saturated heterocycles. The van der Waals surface area contributed by atoms with Crippen LogP contribution in [0.4, 0.5) is 6.01 Å². The van der Waals surface area contributed by atoms with E-state index in [0.29, 0.717) is 23.7 Å². The molecule has 1 aromatic heterocycles. The van der Waals surface area contributed by atoms with Gasteiger partial charge >= 0.3 is 0 Å². The van der Waals surface area contributed by atoms with Gasteiger partial charge in [-0.3, -0.25) is 15.6 Å². The van der Waals surface area contributed by atoms with Crippen molar-refractivity contribution < 1.29 is 9.21 Å². The van der Waals surface area contributed by atoms with Crippen LogP contribution in [0.15, 0.2) is 33.4 Å². The third-order valence-corrected chi connectivity index (χ3v) is 5.02. The summed E-state index contributed by atoms with van der Waals surface area (Å²) < 4.78 is 4.90. The molecule has 3 rings (SSSR count). The minimum Gasteiger partial charge on any atom is -0.431 e. The summed E-state index contributed by atoms with van der Waals surface area (Å²) in [7, 11) is 0. The summed E-state index contributed by atoms with van der Waals surface area (Å²) >= 11 is 4.66. The van der Waals surface area contributed by atoms with Crippen molar-refractivity contribution in [2.45, 2.75) is 51.1 Å². The largest absolute Gasteiger partial charge is 0.431 e. The van der Waals surface area contributed by atoms with Crippen molar-refractivity contribution >= 4 is 24.6 Å². The average Bonchev–Trinajstić information content (AvgIpc) is 3.01. The van der Waals surface area contributed by atoms with Crippen LogP contribution in [0, 0.1) is 5.92 Å². The van der Waals surface area contributed by atoms with Crippen molar-refractivity contribution in [3.8, 4) is 0 Å². The Morgan fingerprint density at radius 3 is 3.04 bits per heavy atom. The first kappa shape index (κ1) is 18.0. The number of rotatable bonds is 2. The second-order valence-corrected chi connectivity index (χ2v) is 7.16. The first-order valence-electron chi connectivity index (χ1n) is 8.67. The van der Waals surface area contributed by atoms with E-state index in [4.69, 9.17) is 10.2 Å². The lowest BCUT2D eigenvalue weighted by Gasteiger charge is -2.36. The number of hydrogen-bond donors (Lipinski definition) is 5. The molecule has 7 nitrogen and oxygen atoms in total. The van der Waals surface area contributed by atoms with Gasteiger partial charge in [0.25, 0.3) is 11.9 Å². The summed E-state index contributed by atoms with van der Waals surface area (Å²) in [6.45, 7) is 2.15. The maximum atomic E-state index is 12.3. The number of nitrogens with two attached hydrogens (primary N) is 1. The van der Waals surface area contributed by atoms with Crippen molar-refractivity contribution in [2.24, 2.45) is 5.92 Å². The van der Waals surface area contributed by atoms with E-state index in [0.717, 1.165) is 37.0 Å². The lowest BCUT2D eigenvalue weighted by molar-refractivity contribution is 0.0962. The molecule has 0 bridgehead atoms. The van der Waals surface area contributed by atoms with Gasteiger partial charge in [0.1, 0.15) is 6.26 Å². The van der Waals surface area contributed by atoms with Crippen LogP contribution in [0.2, 0.25) is 0 Å². The molecule has 1 aliphatic carbocycles.